The van der Waals surface area contributed by atoms with Gasteiger partial charge in [0.25, 0.3) is 0 Å². The van der Waals surface area contributed by atoms with E-state index in [1.54, 1.807) is 13.8 Å². The van der Waals surface area contributed by atoms with Crippen molar-refractivity contribution in [2.75, 3.05) is 11.5 Å². The summed E-state index contributed by atoms with van der Waals surface area (Å²) in [5.41, 5.74) is -0.968. The van der Waals surface area contributed by atoms with E-state index >= 15 is 0 Å². The number of aryl methyl sites for hydroxylation is 1. The molecule has 0 aliphatic carbocycles. The summed E-state index contributed by atoms with van der Waals surface area (Å²) in [6, 6.07) is 1.24. The summed E-state index contributed by atoms with van der Waals surface area (Å²) in [4.78, 5) is 11.1. The predicted molar refractivity (Wildman–Crippen MR) is 83.5 cm³/mol. The van der Waals surface area contributed by atoms with Crippen LogP contribution in [0.4, 0.5) is 13.2 Å². The molecule has 0 spiro atoms. The highest BCUT2D eigenvalue weighted by Gasteiger charge is 2.38. The van der Waals surface area contributed by atoms with E-state index in [9.17, 15) is 18.0 Å². The molecule has 1 rings (SSSR count). The number of alkyl halides is 3. The molecule has 124 valence electrons. The van der Waals surface area contributed by atoms with Gasteiger partial charge in [0.2, 0.25) is 0 Å². The smallest absolute Gasteiger partial charge is 0.414 e. The van der Waals surface area contributed by atoms with Crippen molar-refractivity contribution in [3.63, 3.8) is 0 Å². The van der Waals surface area contributed by atoms with E-state index in [0.29, 0.717) is 11.5 Å². The van der Waals surface area contributed by atoms with E-state index in [0.717, 1.165) is 23.5 Å². The Morgan fingerprint density at radius 2 is 1.82 bits per heavy atom. The molecule has 0 aliphatic rings. The quantitative estimate of drug-likeness (QED) is 0.737. The highest BCUT2D eigenvalue weighted by atomic mass is 32.2. The average molecular weight is 354 g/mol. The van der Waals surface area contributed by atoms with Crippen molar-refractivity contribution < 1.29 is 27.5 Å². The van der Waals surface area contributed by atoms with Crippen LogP contribution in [0.3, 0.4) is 0 Å². The first kappa shape index (κ1) is 19.0. The first-order valence-electron chi connectivity index (χ1n) is 6.59. The topological polar surface area (TPSA) is 50.4 Å². The molecule has 8 heteroatoms. The molecule has 0 amide bonds. The van der Waals surface area contributed by atoms with E-state index in [-0.39, 0.29) is 21.3 Å². The Hall–Kier alpha value is -1.02. The van der Waals surface area contributed by atoms with Crippen LogP contribution in [0.25, 0.3) is 0 Å². The second-order valence-electron chi connectivity index (χ2n) is 4.31. The summed E-state index contributed by atoms with van der Waals surface area (Å²) >= 11 is 2.22. The molecular formula is C14H17F3O3S2. The summed E-state index contributed by atoms with van der Waals surface area (Å²) in [6.45, 7) is 5.05. The number of furan rings is 1. The lowest BCUT2D eigenvalue weighted by Crippen LogP contribution is -2.16. The summed E-state index contributed by atoms with van der Waals surface area (Å²) in [5, 5.41) is 9.07. The van der Waals surface area contributed by atoms with Crippen LogP contribution in [0.15, 0.2) is 20.3 Å². The maximum absolute atomic E-state index is 13.4. The van der Waals surface area contributed by atoms with Crippen LogP contribution in [-0.4, -0.2) is 28.8 Å². The zero-order valence-corrected chi connectivity index (χ0v) is 14.0. The number of hydrogen-bond donors (Lipinski definition) is 1. The highest BCUT2D eigenvalue weighted by Crippen LogP contribution is 2.41. The molecule has 1 aromatic heterocycles. The Labute approximate surface area is 135 Å². The molecule has 0 unspecified atom stereocenters. The second kappa shape index (κ2) is 8.01. The molecule has 3 nitrogen and oxygen atoms in total. The van der Waals surface area contributed by atoms with Crippen molar-refractivity contribution in [3.05, 3.63) is 33.0 Å². The highest BCUT2D eigenvalue weighted by molar-refractivity contribution is 8.22. The molecular weight excluding hydrogens is 337 g/mol. The Balaban J connectivity index is 3.31. The number of carboxylic acids is 1. The zero-order valence-electron chi connectivity index (χ0n) is 12.4. The van der Waals surface area contributed by atoms with Crippen LogP contribution in [-0.2, 0) is 6.42 Å². The lowest BCUT2D eigenvalue weighted by molar-refractivity contribution is -0.0935. The maximum atomic E-state index is 13.4. The molecule has 0 saturated carbocycles. The van der Waals surface area contributed by atoms with Crippen molar-refractivity contribution in [2.24, 2.45) is 0 Å². The molecule has 0 aromatic carbocycles. The molecule has 0 radical (unpaired) electrons. The van der Waals surface area contributed by atoms with Gasteiger partial charge in [-0.15, -0.1) is 23.5 Å². The fraction of sp³-hybridized carbons (Fsp3) is 0.500. The maximum Gasteiger partial charge on any atom is 0.414 e. The molecule has 0 saturated heterocycles. The van der Waals surface area contributed by atoms with Gasteiger partial charge in [0.1, 0.15) is 17.1 Å². The number of aromatic carboxylic acids is 1. The third-order valence-electron chi connectivity index (χ3n) is 2.64. The van der Waals surface area contributed by atoms with E-state index in [1.807, 2.05) is 0 Å². The minimum absolute atomic E-state index is 0.164. The van der Waals surface area contributed by atoms with Gasteiger partial charge < -0.3 is 9.52 Å². The van der Waals surface area contributed by atoms with Crippen molar-refractivity contribution >= 4 is 29.5 Å². The van der Waals surface area contributed by atoms with Gasteiger partial charge in [-0.05, 0) is 24.5 Å². The number of hydrogen-bond acceptors (Lipinski definition) is 4. The minimum atomic E-state index is -4.53. The van der Waals surface area contributed by atoms with Gasteiger partial charge in [0, 0.05) is 10.7 Å². The predicted octanol–water partition coefficient (Wildman–Crippen LogP) is 5.11. The van der Waals surface area contributed by atoms with Gasteiger partial charge >= 0.3 is 12.1 Å². The first-order chi connectivity index (χ1) is 10.2. The lowest BCUT2D eigenvalue weighted by Gasteiger charge is -2.16. The summed E-state index contributed by atoms with van der Waals surface area (Å²) in [6.07, 6.45) is -5.11. The van der Waals surface area contributed by atoms with Gasteiger partial charge in [-0.25, -0.2) is 4.79 Å². The summed E-state index contributed by atoms with van der Waals surface area (Å²) < 4.78 is 45.4. The number of carbonyl (C=O) groups is 1. The lowest BCUT2D eigenvalue weighted by atomic mass is 10.1. The van der Waals surface area contributed by atoms with Crippen LogP contribution in [0, 0.1) is 6.92 Å². The molecule has 0 aliphatic heterocycles. The summed E-state index contributed by atoms with van der Waals surface area (Å²) in [7, 11) is 0. The standard InChI is InChI=1S/C14H17F3O3S2/c1-4-21-13(22-5-2)10(14(15,16)17)7-11-9(12(18)19)6-8(3)20-11/h6H,4-5,7H2,1-3H3,(H,18,19). The SMILES string of the molecule is CCSC(SCC)=C(Cc1oc(C)cc1C(=O)O)C(F)(F)F. The largest absolute Gasteiger partial charge is 0.478 e. The van der Waals surface area contributed by atoms with E-state index in [2.05, 4.69) is 0 Å². The number of thioether (sulfide) groups is 2. The molecule has 0 bridgehead atoms. The van der Waals surface area contributed by atoms with Gasteiger partial charge in [-0.2, -0.15) is 13.2 Å². The van der Waals surface area contributed by atoms with Crippen LogP contribution in [0.2, 0.25) is 0 Å². The molecule has 1 heterocycles. The van der Waals surface area contributed by atoms with E-state index < -0.39 is 24.1 Å². The van der Waals surface area contributed by atoms with E-state index in [1.165, 1.54) is 13.0 Å². The number of halogens is 3. The average Bonchev–Trinajstić information content (AvgIpc) is 2.76. The second-order valence-corrected chi connectivity index (χ2v) is 7.11. The zero-order chi connectivity index (χ0) is 16.9. The molecule has 0 atom stereocenters. The normalized spacial score (nSPS) is 11.5. The van der Waals surface area contributed by atoms with Crippen molar-refractivity contribution in [1.82, 2.24) is 0 Å². The van der Waals surface area contributed by atoms with Gasteiger partial charge in [-0.1, -0.05) is 13.8 Å². The number of rotatable bonds is 7. The van der Waals surface area contributed by atoms with Crippen LogP contribution in [0.5, 0.6) is 0 Å². The Morgan fingerprint density at radius 1 is 1.27 bits per heavy atom. The van der Waals surface area contributed by atoms with Crippen LogP contribution in [0.1, 0.15) is 35.7 Å². The Bertz CT molecular complexity index is 554. The van der Waals surface area contributed by atoms with E-state index in [4.69, 9.17) is 9.52 Å². The number of allylic oxidation sites excluding steroid dienone is 1. The van der Waals surface area contributed by atoms with Gasteiger partial charge in [0.15, 0.2) is 0 Å². The molecule has 1 aromatic rings. The monoisotopic (exact) mass is 354 g/mol. The van der Waals surface area contributed by atoms with Crippen molar-refractivity contribution in [1.29, 1.82) is 0 Å². The third-order valence-corrected chi connectivity index (χ3v) is 4.94. The van der Waals surface area contributed by atoms with Gasteiger partial charge in [0.05, 0.1) is 5.57 Å². The summed E-state index contributed by atoms with van der Waals surface area (Å²) in [5.74, 6) is -0.165. The van der Waals surface area contributed by atoms with Gasteiger partial charge in [-0.3, -0.25) is 0 Å². The fourth-order valence-corrected chi connectivity index (χ4v) is 4.09. The molecule has 0 fully saturated rings. The van der Waals surface area contributed by atoms with Crippen molar-refractivity contribution in [2.45, 2.75) is 33.4 Å². The third kappa shape index (κ3) is 5.01. The minimum Gasteiger partial charge on any atom is -0.478 e. The van der Waals surface area contributed by atoms with Crippen molar-refractivity contribution in [3.8, 4) is 0 Å². The Morgan fingerprint density at radius 3 is 2.23 bits per heavy atom. The molecule has 1 N–H and O–H groups in total. The van der Waals surface area contributed by atoms with Crippen LogP contribution < -0.4 is 0 Å². The van der Waals surface area contributed by atoms with Crippen LogP contribution >= 0.6 is 23.5 Å². The molecule has 22 heavy (non-hydrogen) atoms. The fourth-order valence-electron chi connectivity index (χ4n) is 1.80. The number of carboxylic acid groups (broad SMARTS) is 1. The first-order valence-corrected chi connectivity index (χ1v) is 8.56. The Kier molecular flexibility index (Phi) is 6.93.